The number of nitrogens with one attached hydrogen (secondary N) is 1. The Kier molecular flexibility index (Phi) is 5.41. The van der Waals surface area contributed by atoms with Crippen molar-refractivity contribution in [1.82, 2.24) is 10.2 Å². The Morgan fingerprint density at radius 1 is 1.33 bits per heavy atom. The highest BCUT2D eigenvalue weighted by atomic mass is 16.6. The van der Waals surface area contributed by atoms with Crippen LogP contribution in [0.1, 0.15) is 19.3 Å². The molecule has 2 rings (SSSR count). The van der Waals surface area contributed by atoms with Crippen LogP contribution in [0, 0.1) is 5.92 Å². The van der Waals surface area contributed by atoms with Crippen LogP contribution in [0.2, 0.25) is 0 Å². The molecule has 0 aliphatic carbocycles. The second-order valence-corrected chi connectivity index (χ2v) is 5.24. The predicted octanol–water partition coefficient (Wildman–Crippen LogP) is 0.250. The number of carbonyl (C=O) groups is 1. The number of rotatable bonds is 4. The van der Waals surface area contributed by atoms with E-state index in [9.17, 15) is 4.79 Å². The van der Waals surface area contributed by atoms with Crippen LogP contribution in [0.25, 0.3) is 0 Å². The molecule has 2 fully saturated rings. The van der Waals surface area contributed by atoms with E-state index in [0.29, 0.717) is 38.7 Å². The molecule has 0 aromatic rings. The molecule has 18 heavy (non-hydrogen) atoms. The van der Waals surface area contributed by atoms with Gasteiger partial charge in [0, 0.05) is 20.0 Å². The van der Waals surface area contributed by atoms with E-state index in [1.165, 1.54) is 0 Å². The third-order valence-electron chi connectivity index (χ3n) is 3.71. The summed E-state index contributed by atoms with van der Waals surface area (Å²) in [5, 5.41) is 3.32. The largest absolute Gasteiger partial charge is 0.376 e. The predicted molar refractivity (Wildman–Crippen MR) is 68.4 cm³/mol. The number of amides is 1. The molecular weight excluding hydrogens is 232 g/mol. The van der Waals surface area contributed by atoms with Gasteiger partial charge in [0.25, 0.3) is 0 Å². The molecule has 2 aliphatic rings. The number of piperidine rings is 1. The van der Waals surface area contributed by atoms with E-state index < -0.39 is 0 Å². The van der Waals surface area contributed by atoms with Gasteiger partial charge in [-0.2, -0.15) is 0 Å². The monoisotopic (exact) mass is 256 g/mol. The summed E-state index contributed by atoms with van der Waals surface area (Å²) in [6, 6.07) is 0. The Labute approximate surface area is 109 Å². The fourth-order valence-corrected chi connectivity index (χ4v) is 2.54. The first-order valence-electron chi connectivity index (χ1n) is 6.89. The number of likely N-dealkylation sites (N-methyl/N-ethyl adjacent to an activating group) is 1. The van der Waals surface area contributed by atoms with Crippen LogP contribution in [0.5, 0.6) is 0 Å². The minimum atomic E-state index is 0.0423. The third-order valence-corrected chi connectivity index (χ3v) is 3.71. The second-order valence-electron chi connectivity index (χ2n) is 5.24. The number of hydrogen-bond donors (Lipinski definition) is 1. The summed E-state index contributed by atoms with van der Waals surface area (Å²) in [5.41, 5.74) is 0. The molecule has 1 atom stereocenters. The third kappa shape index (κ3) is 4.23. The molecule has 104 valence electrons. The van der Waals surface area contributed by atoms with Gasteiger partial charge in [-0.25, -0.2) is 0 Å². The van der Waals surface area contributed by atoms with Gasteiger partial charge in [-0.05, 0) is 31.8 Å². The summed E-state index contributed by atoms with van der Waals surface area (Å²) in [4.78, 5) is 13.9. The summed E-state index contributed by atoms with van der Waals surface area (Å²) >= 11 is 0. The zero-order valence-corrected chi connectivity index (χ0v) is 11.2. The Hall–Kier alpha value is -0.650. The van der Waals surface area contributed by atoms with Crippen molar-refractivity contribution in [2.45, 2.75) is 25.4 Å². The fraction of sp³-hybridized carbons (Fsp3) is 0.923. The van der Waals surface area contributed by atoms with E-state index in [0.717, 1.165) is 25.9 Å². The van der Waals surface area contributed by atoms with E-state index in [4.69, 9.17) is 9.47 Å². The lowest BCUT2D eigenvalue weighted by molar-refractivity contribution is -0.137. The number of hydrogen-bond acceptors (Lipinski definition) is 4. The molecule has 2 saturated heterocycles. The van der Waals surface area contributed by atoms with E-state index >= 15 is 0 Å². The van der Waals surface area contributed by atoms with E-state index in [2.05, 4.69) is 5.32 Å². The highest BCUT2D eigenvalue weighted by Crippen LogP contribution is 2.17. The average molecular weight is 256 g/mol. The van der Waals surface area contributed by atoms with Crippen molar-refractivity contribution in [2.75, 3.05) is 46.5 Å². The zero-order valence-electron chi connectivity index (χ0n) is 11.2. The molecular formula is C13H24N2O3. The van der Waals surface area contributed by atoms with Crippen LogP contribution in [0.4, 0.5) is 0 Å². The lowest BCUT2D eigenvalue weighted by Crippen LogP contribution is -2.41. The van der Waals surface area contributed by atoms with Crippen molar-refractivity contribution in [3.63, 3.8) is 0 Å². The molecule has 0 aromatic heterocycles. The number of nitrogens with zero attached hydrogens (tertiary/aromatic N) is 1. The van der Waals surface area contributed by atoms with Gasteiger partial charge in [0.1, 0.15) is 0 Å². The quantitative estimate of drug-likeness (QED) is 0.783. The van der Waals surface area contributed by atoms with Crippen LogP contribution < -0.4 is 5.32 Å². The Morgan fingerprint density at radius 3 is 2.78 bits per heavy atom. The van der Waals surface area contributed by atoms with E-state index in [-0.39, 0.29) is 12.0 Å². The standard InChI is InChI=1S/C13H24N2O3/c1-15(9-12-10-17-6-7-18-12)13(16)8-11-2-4-14-5-3-11/h11-12,14H,2-10H2,1H3/t12-/m0/s1. The van der Waals surface area contributed by atoms with Crippen LogP contribution in [0.15, 0.2) is 0 Å². The zero-order chi connectivity index (χ0) is 12.8. The molecule has 2 aliphatic heterocycles. The molecule has 5 heteroatoms. The molecule has 0 unspecified atom stereocenters. The molecule has 0 spiro atoms. The lowest BCUT2D eigenvalue weighted by Gasteiger charge is -2.29. The Bertz CT molecular complexity index is 261. The molecule has 0 bridgehead atoms. The molecule has 0 radical (unpaired) electrons. The number of carbonyl (C=O) groups excluding carboxylic acids is 1. The van der Waals surface area contributed by atoms with Crippen LogP contribution in [-0.4, -0.2) is 63.4 Å². The van der Waals surface area contributed by atoms with Gasteiger partial charge in [-0.3, -0.25) is 4.79 Å². The minimum Gasteiger partial charge on any atom is -0.376 e. The van der Waals surface area contributed by atoms with Crippen LogP contribution in [0.3, 0.4) is 0 Å². The first kappa shape index (κ1) is 13.8. The van der Waals surface area contributed by atoms with Gasteiger partial charge in [0.2, 0.25) is 5.91 Å². The van der Waals surface area contributed by atoms with Gasteiger partial charge < -0.3 is 19.7 Å². The summed E-state index contributed by atoms with van der Waals surface area (Å²) in [7, 11) is 1.86. The average Bonchev–Trinajstić information content (AvgIpc) is 2.41. The Balaban J connectivity index is 1.69. The first-order chi connectivity index (χ1) is 8.75. The maximum Gasteiger partial charge on any atom is 0.222 e. The molecule has 0 saturated carbocycles. The lowest BCUT2D eigenvalue weighted by atomic mass is 9.94. The topological polar surface area (TPSA) is 50.8 Å². The maximum absolute atomic E-state index is 12.1. The SMILES string of the molecule is CN(C[C@H]1COCCO1)C(=O)CC1CCNCC1. The van der Waals surface area contributed by atoms with Crippen molar-refractivity contribution in [3.8, 4) is 0 Å². The van der Waals surface area contributed by atoms with Gasteiger partial charge in [0.05, 0.1) is 25.9 Å². The normalized spacial score (nSPS) is 25.9. The summed E-state index contributed by atoms with van der Waals surface area (Å²) < 4.78 is 10.9. The van der Waals surface area contributed by atoms with Crippen molar-refractivity contribution in [2.24, 2.45) is 5.92 Å². The van der Waals surface area contributed by atoms with Crippen molar-refractivity contribution in [3.05, 3.63) is 0 Å². The number of ether oxygens (including phenoxy) is 2. The molecule has 2 heterocycles. The highest BCUT2D eigenvalue weighted by Gasteiger charge is 2.22. The van der Waals surface area contributed by atoms with E-state index in [1.54, 1.807) is 4.90 Å². The first-order valence-corrected chi connectivity index (χ1v) is 6.89. The highest BCUT2D eigenvalue weighted by molar-refractivity contribution is 5.76. The van der Waals surface area contributed by atoms with Gasteiger partial charge in [-0.15, -0.1) is 0 Å². The fourth-order valence-electron chi connectivity index (χ4n) is 2.54. The van der Waals surface area contributed by atoms with Crippen molar-refractivity contribution < 1.29 is 14.3 Å². The molecule has 0 aromatic carbocycles. The van der Waals surface area contributed by atoms with Gasteiger partial charge in [-0.1, -0.05) is 0 Å². The second kappa shape index (κ2) is 7.07. The maximum atomic E-state index is 12.1. The summed E-state index contributed by atoms with van der Waals surface area (Å²) in [5.74, 6) is 0.779. The smallest absolute Gasteiger partial charge is 0.222 e. The molecule has 5 nitrogen and oxygen atoms in total. The van der Waals surface area contributed by atoms with Crippen molar-refractivity contribution >= 4 is 5.91 Å². The minimum absolute atomic E-state index is 0.0423. The van der Waals surface area contributed by atoms with Gasteiger partial charge in [0.15, 0.2) is 0 Å². The molecule has 1 N–H and O–H groups in total. The van der Waals surface area contributed by atoms with Crippen molar-refractivity contribution in [1.29, 1.82) is 0 Å². The Morgan fingerprint density at radius 2 is 2.11 bits per heavy atom. The van der Waals surface area contributed by atoms with E-state index in [1.807, 2.05) is 7.05 Å². The van der Waals surface area contributed by atoms with Crippen LogP contribution in [-0.2, 0) is 14.3 Å². The van der Waals surface area contributed by atoms with Crippen LogP contribution >= 0.6 is 0 Å². The molecule has 1 amide bonds. The van der Waals surface area contributed by atoms with Gasteiger partial charge >= 0.3 is 0 Å². The summed E-state index contributed by atoms with van der Waals surface area (Å²) in [6.45, 7) is 4.64. The summed E-state index contributed by atoms with van der Waals surface area (Å²) in [6.07, 6.45) is 2.94.